The summed E-state index contributed by atoms with van der Waals surface area (Å²) in [5, 5.41) is 5.56. The Kier molecular flexibility index (Phi) is 6.42. The number of hydrogen-bond donors (Lipinski definition) is 0. The Morgan fingerprint density at radius 2 is 1.69 bits per heavy atom. The van der Waals surface area contributed by atoms with Gasteiger partial charge in [0.2, 0.25) is 0 Å². The van der Waals surface area contributed by atoms with E-state index in [4.69, 9.17) is 19.7 Å². The van der Waals surface area contributed by atoms with Gasteiger partial charge >= 0.3 is 0 Å². The van der Waals surface area contributed by atoms with E-state index in [0.29, 0.717) is 17.9 Å². The molecule has 0 saturated carbocycles. The summed E-state index contributed by atoms with van der Waals surface area (Å²) in [4.78, 5) is 7.51. The van der Waals surface area contributed by atoms with Crippen LogP contribution in [-0.2, 0) is 13.0 Å². The van der Waals surface area contributed by atoms with Crippen molar-refractivity contribution < 1.29 is 14.2 Å². The molecule has 0 aliphatic carbocycles. The zero-order valence-corrected chi connectivity index (χ0v) is 17.0. The van der Waals surface area contributed by atoms with Crippen LogP contribution in [0.25, 0.3) is 21.2 Å². The third-order valence-corrected chi connectivity index (χ3v) is 4.53. The molecule has 3 aromatic rings. The number of ether oxygens (including phenoxy) is 3. The normalized spacial score (nSPS) is 10.7. The van der Waals surface area contributed by atoms with Gasteiger partial charge in [-0.2, -0.15) is 0 Å². The van der Waals surface area contributed by atoms with Gasteiger partial charge in [-0.25, -0.2) is 0 Å². The van der Waals surface area contributed by atoms with E-state index in [1.54, 1.807) is 20.4 Å². The highest BCUT2D eigenvalue weighted by atomic mass is 16.5. The molecule has 0 spiro atoms. The Hall–Kier alpha value is -3.44. The van der Waals surface area contributed by atoms with Crippen molar-refractivity contribution in [2.45, 2.75) is 32.9 Å². The molecule has 2 aromatic carbocycles. The molecule has 0 radical (unpaired) electrons. The van der Waals surface area contributed by atoms with Gasteiger partial charge < -0.3 is 14.2 Å². The first kappa shape index (κ1) is 20.3. The first-order valence-corrected chi connectivity index (χ1v) is 9.34. The molecule has 1 aromatic heterocycles. The maximum Gasteiger partial charge on any atom is 0.161 e. The highest BCUT2D eigenvalue weighted by Gasteiger charge is 2.14. The van der Waals surface area contributed by atoms with Crippen LogP contribution in [0.2, 0.25) is 0 Å². The maximum absolute atomic E-state index is 8.69. The van der Waals surface area contributed by atoms with Crippen LogP contribution < -0.4 is 14.2 Å². The van der Waals surface area contributed by atoms with Crippen molar-refractivity contribution in [3.8, 4) is 17.2 Å². The van der Waals surface area contributed by atoms with E-state index in [1.165, 1.54) is 0 Å². The summed E-state index contributed by atoms with van der Waals surface area (Å²) in [5.74, 6) is 2.09. The predicted octanol–water partition coefficient (Wildman–Crippen LogP) is 5.44. The van der Waals surface area contributed by atoms with Crippen LogP contribution in [-0.4, -0.2) is 25.3 Å². The highest BCUT2D eigenvalue weighted by Crippen LogP contribution is 2.35. The SMILES string of the molecule is COc1cc2c(CN=[N+]=[N-])cnc(Cc3ccc(OC(C)C)cc3)c2cc1OC. The van der Waals surface area contributed by atoms with Crippen LogP contribution in [0, 0.1) is 0 Å². The Morgan fingerprint density at radius 1 is 1.03 bits per heavy atom. The lowest BCUT2D eigenvalue weighted by molar-refractivity contribution is 0.242. The number of benzene rings is 2. The molecule has 0 N–H and O–H groups in total. The van der Waals surface area contributed by atoms with Crippen molar-refractivity contribution in [1.29, 1.82) is 0 Å². The fourth-order valence-corrected chi connectivity index (χ4v) is 3.20. The highest BCUT2D eigenvalue weighted by molar-refractivity contribution is 5.90. The van der Waals surface area contributed by atoms with Crippen LogP contribution in [0.5, 0.6) is 17.2 Å². The van der Waals surface area contributed by atoms with Crippen molar-refractivity contribution in [3.63, 3.8) is 0 Å². The molecule has 0 unspecified atom stereocenters. The van der Waals surface area contributed by atoms with Gasteiger partial charge in [0, 0.05) is 22.9 Å². The quantitative estimate of drug-likeness (QED) is 0.290. The topological polar surface area (TPSA) is 89.3 Å². The van der Waals surface area contributed by atoms with E-state index in [2.05, 4.69) is 15.0 Å². The van der Waals surface area contributed by atoms with Gasteiger partial charge in [0.15, 0.2) is 11.5 Å². The Bertz CT molecular complexity index is 1040. The number of pyridine rings is 1. The first-order chi connectivity index (χ1) is 14.0. The third-order valence-electron chi connectivity index (χ3n) is 4.53. The molecule has 0 aliphatic heterocycles. The lowest BCUT2D eigenvalue weighted by Gasteiger charge is -2.14. The van der Waals surface area contributed by atoms with Crippen LogP contribution >= 0.6 is 0 Å². The summed E-state index contributed by atoms with van der Waals surface area (Å²) in [6.07, 6.45) is 2.54. The maximum atomic E-state index is 8.69. The summed E-state index contributed by atoms with van der Waals surface area (Å²) < 4.78 is 16.6. The van der Waals surface area contributed by atoms with Crippen molar-refractivity contribution in [3.05, 3.63) is 69.9 Å². The minimum absolute atomic E-state index is 0.137. The fourth-order valence-electron chi connectivity index (χ4n) is 3.20. The summed E-state index contributed by atoms with van der Waals surface area (Å²) in [6.45, 7) is 4.23. The lowest BCUT2D eigenvalue weighted by Crippen LogP contribution is -2.05. The van der Waals surface area contributed by atoms with E-state index in [-0.39, 0.29) is 12.6 Å². The van der Waals surface area contributed by atoms with E-state index in [1.807, 2.05) is 50.2 Å². The summed E-state index contributed by atoms with van der Waals surface area (Å²) in [6, 6.07) is 11.8. The molecule has 0 atom stereocenters. The number of rotatable bonds is 8. The van der Waals surface area contributed by atoms with E-state index in [0.717, 1.165) is 33.3 Å². The van der Waals surface area contributed by atoms with Gasteiger partial charge in [0.05, 0.1) is 32.6 Å². The number of aromatic nitrogens is 1. The predicted molar refractivity (Wildman–Crippen MR) is 113 cm³/mol. The molecule has 0 fully saturated rings. The Morgan fingerprint density at radius 3 is 2.28 bits per heavy atom. The molecule has 0 saturated heterocycles. The average molecular weight is 392 g/mol. The monoisotopic (exact) mass is 392 g/mol. The second kappa shape index (κ2) is 9.17. The van der Waals surface area contributed by atoms with E-state index >= 15 is 0 Å². The number of nitrogens with zero attached hydrogens (tertiary/aromatic N) is 4. The van der Waals surface area contributed by atoms with Crippen LogP contribution in [0.15, 0.2) is 47.7 Å². The number of fused-ring (bicyclic) bond motifs is 1. The Balaban J connectivity index is 2.04. The van der Waals surface area contributed by atoms with Crippen molar-refractivity contribution in [2.24, 2.45) is 5.11 Å². The smallest absolute Gasteiger partial charge is 0.161 e. The molecule has 0 aliphatic rings. The van der Waals surface area contributed by atoms with Crippen LogP contribution in [0.3, 0.4) is 0 Å². The standard InChI is InChI=1S/C22H24N4O3/c1-14(2)29-17-7-5-15(6-8-17)9-20-19-11-22(28-4)21(27-3)10-18(19)16(12-24-20)13-25-26-23/h5-8,10-12,14H,9,13H2,1-4H3. The largest absolute Gasteiger partial charge is 0.493 e. The molecule has 0 bridgehead atoms. The molecular formula is C22H24N4O3. The minimum Gasteiger partial charge on any atom is -0.493 e. The second-order valence-corrected chi connectivity index (χ2v) is 6.86. The third kappa shape index (κ3) is 4.70. The van der Waals surface area contributed by atoms with Crippen LogP contribution in [0.4, 0.5) is 0 Å². The Labute approximate surface area is 169 Å². The van der Waals surface area contributed by atoms with Gasteiger partial charge in [-0.1, -0.05) is 17.2 Å². The molecule has 7 nitrogen and oxygen atoms in total. The van der Waals surface area contributed by atoms with Crippen LogP contribution in [0.1, 0.15) is 30.7 Å². The number of azide groups is 1. The van der Waals surface area contributed by atoms with Gasteiger partial charge in [-0.3, -0.25) is 4.98 Å². The molecular weight excluding hydrogens is 368 g/mol. The number of hydrogen-bond acceptors (Lipinski definition) is 5. The number of methoxy groups -OCH3 is 2. The minimum atomic E-state index is 0.137. The van der Waals surface area contributed by atoms with Crippen molar-refractivity contribution in [2.75, 3.05) is 14.2 Å². The van der Waals surface area contributed by atoms with E-state index < -0.39 is 0 Å². The van der Waals surface area contributed by atoms with Gasteiger partial charge in [-0.05, 0) is 60.2 Å². The summed E-state index contributed by atoms with van der Waals surface area (Å²) in [7, 11) is 3.20. The van der Waals surface area contributed by atoms with Gasteiger partial charge in [-0.15, -0.1) is 0 Å². The summed E-state index contributed by atoms with van der Waals surface area (Å²) >= 11 is 0. The summed E-state index contributed by atoms with van der Waals surface area (Å²) in [5.41, 5.74) is 11.6. The molecule has 1 heterocycles. The fraction of sp³-hybridized carbons (Fsp3) is 0.318. The van der Waals surface area contributed by atoms with Crippen molar-refractivity contribution >= 4 is 10.8 Å². The average Bonchev–Trinajstić information content (AvgIpc) is 2.73. The zero-order chi connectivity index (χ0) is 20.8. The van der Waals surface area contributed by atoms with Gasteiger partial charge in [0.1, 0.15) is 5.75 Å². The molecule has 150 valence electrons. The zero-order valence-electron chi connectivity index (χ0n) is 17.0. The lowest BCUT2D eigenvalue weighted by atomic mass is 10.00. The first-order valence-electron chi connectivity index (χ1n) is 9.34. The van der Waals surface area contributed by atoms with E-state index in [9.17, 15) is 0 Å². The molecule has 7 heteroatoms. The second-order valence-electron chi connectivity index (χ2n) is 6.86. The molecule has 3 rings (SSSR count). The van der Waals surface area contributed by atoms with Gasteiger partial charge in [0.25, 0.3) is 0 Å². The molecule has 0 amide bonds. The molecule has 29 heavy (non-hydrogen) atoms. The van der Waals surface area contributed by atoms with Crippen molar-refractivity contribution in [1.82, 2.24) is 4.98 Å².